The van der Waals surface area contributed by atoms with Crippen LogP contribution in [-0.2, 0) is 6.54 Å². The Kier molecular flexibility index (Phi) is 4.63. The standard InChI is InChI=1S/C19H16ClN5OS/c1-12(13-6-8-15(20)9-7-13)25-17(22-23-19(25)27)11-24-18(26)16-5-3-2-4-14(16)10-21-24/h2-10,12H,11H2,1H3,(H,23,27)/t12-/m0/s1. The first-order valence-corrected chi connectivity index (χ1v) is 9.19. The maximum atomic E-state index is 12.7. The van der Waals surface area contributed by atoms with Crippen molar-refractivity contribution >= 4 is 34.6 Å². The van der Waals surface area contributed by atoms with Crippen LogP contribution in [0.4, 0.5) is 0 Å². The van der Waals surface area contributed by atoms with Crippen LogP contribution in [0, 0.1) is 4.77 Å². The minimum Gasteiger partial charge on any atom is -0.295 e. The van der Waals surface area contributed by atoms with Gasteiger partial charge in [0.25, 0.3) is 5.56 Å². The van der Waals surface area contributed by atoms with Gasteiger partial charge < -0.3 is 0 Å². The fourth-order valence-electron chi connectivity index (χ4n) is 3.11. The van der Waals surface area contributed by atoms with Gasteiger partial charge in [-0.15, -0.1) is 0 Å². The topological polar surface area (TPSA) is 68.5 Å². The predicted molar refractivity (Wildman–Crippen MR) is 108 cm³/mol. The zero-order valence-electron chi connectivity index (χ0n) is 14.5. The van der Waals surface area contributed by atoms with E-state index >= 15 is 0 Å². The summed E-state index contributed by atoms with van der Waals surface area (Å²) >= 11 is 11.4. The number of halogens is 1. The first-order valence-electron chi connectivity index (χ1n) is 8.40. The average Bonchev–Trinajstić information content (AvgIpc) is 3.04. The van der Waals surface area contributed by atoms with Crippen LogP contribution < -0.4 is 5.56 Å². The Labute approximate surface area is 165 Å². The maximum Gasteiger partial charge on any atom is 0.275 e. The summed E-state index contributed by atoms with van der Waals surface area (Å²) in [5.74, 6) is 0.632. The molecular weight excluding hydrogens is 382 g/mol. The molecule has 0 fully saturated rings. The number of rotatable bonds is 4. The quantitative estimate of drug-likeness (QED) is 0.529. The predicted octanol–water partition coefficient (Wildman–Crippen LogP) is 3.96. The lowest BCUT2D eigenvalue weighted by Gasteiger charge is -2.16. The molecular formula is C19H16ClN5OS. The molecule has 0 saturated carbocycles. The van der Waals surface area contributed by atoms with Crippen molar-refractivity contribution in [3.05, 3.63) is 86.3 Å². The third-order valence-electron chi connectivity index (χ3n) is 4.57. The van der Waals surface area contributed by atoms with E-state index in [2.05, 4.69) is 15.3 Å². The third-order valence-corrected chi connectivity index (χ3v) is 5.11. The largest absolute Gasteiger partial charge is 0.295 e. The van der Waals surface area contributed by atoms with Crippen molar-refractivity contribution in [2.75, 3.05) is 0 Å². The molecule has 0 unspecified atom stereocenters. The Morgan fingerprint density at radius 2 is 1.93 bits per heavy atom. The van der Waals surface area contributed by atoms with E-state index in [1.54, 1.807) is 12.3 Å². The third kappa shape index (κ3) is 3.31. The molecule has 6 nitrogen and oxygen atoms in total. The number of benzene rings is 2. The van der Waals surface area contributed by atoms with E-state index in [4.69, 9.17) is 23.8 Å². The second kappa shape index (κ2) is 7.09. The molecule has 0 saturated heterocycles. The van der Waals surface area contributed by atoms with E-state index in [-0.39, 0.29) is 18.1 Å². The molecule has 0 radical (unpaired) electrons. The van der Waals surface area contributed by atoms with Gasteiger partial charge in [0.1, 0.15) is 6.54 Å². The number of fused-ring (bicyclic) bond motifs is 1. The smallest absolute Gasteiger partial charge is 0.275 e. The molecule has 0 spiro atoms. The SMILES string of the molecule is C[C@@H](c1ccc(Cl)cc1)n1c(Cn2ncc3ccccc3c2=O)n[nH]c1=S. The second-order valence-electron chi connectivity index (χ2n) is 6.24. The molecule has 1 atom stereocenters. The lowest BCUT2D eigenvalue weighted by molar-refractivity contribution is 0.545. The molecule has 0 bridgehead atoms. The summed E-state index contributed by atoms with van der Waals surface area (Å²) < 4.78 is 3.78. The van der Waals surface area contributed by atoms with Crippen LogP contribution in [0.5, 0.6) is 0 Å². The van der Waals surface area contributed by atoms with Gasteiger partial charge in [0, 0.05) is 10.4 Å². The number of H-pyrrole nitrogens is 1. The summed E-state index contributed by atoms with van der Waals surface area (Å²) in [4.78, 5) is 12.7. The molecule has 0 aliphatic carbocycles. The minimum atomic E-state index is -0.160. The highest BCUT2D eigenvalue weighted by Crippen LogP contribution is 2.22. The van der Waals surface area contributed by atoms with Gasteiger partial charge in [-0.2, -0.15) is 10.2 Å². The number of nitrogens with one attached hydrogen (secondary N) is 1. The van der Waals surface area contributed by atoms with Crippen LogP contribution in [0.3, 0.4) is 0 Å². The van der Waals surface area contributed by atoms with E-state index in [1.165, 1.54) is 4.68 Å². The molecule has 2 aromatic heterocycles. The van der Waals surface area contributed by atoms with E-state index in [0.717, 1.165) is 10.9 Å². The molecule has 1 N–H and O–H groups in total. The van der Waals surface area contributed by atoms with E-state index in [9.17, 15) is 4.79 Å². The Hall–Kier alpha value is -2.77. The van der Waals surface area contributed by atoms with Crippen LogP contribution in [0.25, 0.3) is 10.8 Å². The molecule has 4 aromatic rings. The lowest BCUT2D eigenvalue weighted by Crippen LogP contribution is -2.25. The van der Waals surface area contributed by atoms with Crippen molar-refractivity contribution in [3.8, 4) is 0 Å². The van der Waals surface area contributed by atoms with Crippen LogP contribution in [0.1, 0.15) is 24.4 Å². The lowest BCUT2D eigenvalue weighted by atomic mass is 10.1. The van der Waals surface area contributed by atoms with Gasteiger partial charge in [0.05, 0.1) is 17.6 Å². The summed E-state index contributed by atoms with van der Waals surface area (Å²) in [7, 11) is 0. The van der Waals surface area contributed by atoms with Crippen molar-refractivity contribution < 1.29 is 0 Å². The fraction of sp³-hybridized carbons (Fsp3) is 0.158. The van der Waals surface area contributed by atoms with Crippen molar-refractivity contribution in [3.63, 3.8) is 0 Å². The highest BCUT2D eigenvalue weighted by Gasteiger charge is 2.16. The van der Waals surface area contributed by atoms with E-state index in [1.807, 2.05) is 54.0 Å². The highest BCUT2D eigenvalue weighted by molar-refractivity contribution is 7.71. The average molecular weight is 398 g/mol. The zero-order valence-corrected chi connectivity index (χ0v) is 16.0. The Morgan fingerprint density at radius 1 is 1.19 bits per heavy atom. The normalized spacial score (nSPS) is 12.4. The fourth-order valence-corrected chi connectivity index (χ4v) is 3.55. The number of hydrogen-bond acceptors (Lipinski definition) is 4. The first kappa shape index (κ1) is 17.6. The van der Waals surface area contributed by atoms with Gasteiger partial charge in [-0.1, -0.05) is 41.9 Å². The number of aromatic nitrogens is 5. The molecule has 2 aromatic carbocycles. The monoisotopic (exact) mass is 397 g/mol. The maximum absolute atomic E-state index is 12.7. The zero-order chi connectivity index (χ0) is 19.0. The molecule has 136 valence electrons. The van der Waals surface area contributed by atoms with Crippen LogP contribution in [0.15, 0.2) is 59.5 Å². The van der Waals surface area contributed by atoms with Crippen LogP contribution in [0.2, 0.25) is 5.02 Å². The summed E-state index contributed by atoms with van der Waals surface area (Å²) in [6, 6.07) is 14.9. The Morgan fingerprint density at radius 3 is 2.70 bits per heavy atom. The van der Waals surface area contributed by atoms with Crippen molar-refractivity contribution in [1.82, 2.24) is 24.5 Å². The van der Waals surface area contributed by atoms with E-state index < -0.39 is 0 Å². The Bertz CT molecular complexity index is 1230. The van der Waals surface area contributed by atoms with Crippen LogP contribution >= 0.6 is 23.8 Å². The summed E-state index contributed by atoms with van der Waals surface area (Å²) in [5, 5.41) is 13.5. The first-order chi connectivity index (χ1) is 13.0. The van der Waals surface area contributed by atoms with Gasteiger partial charge in [-0.05, 0) is 42.9 Å². The molecule has 4 rings (SSSR count). The number of nitrogens with zero attached hydrogens (tertiary/aromatic N) is 4. The van der Waals surface area contributed by atoms with E-state index in [0.29, 0.717) is 21.0 Å². The second-order valence-corrected chi connectivity index (χ2v) is 7.06. The number of aromatic amines is 1. The molecule has 27 heavy (non-hydrogen) atoms. The number of hydrogen-bond donors (Lipinski definition) is 1. The van der Waals surface area contributed by atoms with Crippen LogP contribution in [-0.4, -0.2) is 24.5 Å². The summed E-state index contributed by atoms with van der Waals surface area (Å²) in [6.07, 6.45) is 1.69. The molecule has 0 aliphatic rings. The van der Waals surface area contributed by atoms with Crippen molar-refractivity contribution in [2.24, 2.45) is 0 Å². The van der Waals surface area contributed by atoms with Gasteiger partial charge in [0.15, 0.2) is 10.6 Å². The molecule has 2 heterocycles. The summed E-state index contributed by atoms with van der Waals surface area (Å²) in [5.41, 5.74) is 0.879. The molecule has 8 heteroatoms. The Balaban J connectivity index is 1.74. The molecule has 0 aliphatic heterocycles. The van der Waals surface area contributed by atoms with Gasteiger partial charge >= 0.3 is 0 Å². The van der Waals surface area contributed by atoms with Crippen molar-refractivity contribution in [2.45, 2.75) is 19.5 Å². The summed E-state index contributed by atoms with van der Waals surface area (Å²) in [6.45, 7) is 2.24. The molecule has 0 amide bonds. The minimum absolute atomic E-state index is 0.0697. The highest BCUT2D eigenvalue weighted by atomic mass is 35.5. The van der Waals surface area contributed by atoms with Crippen molar-refractivity contribution in [1.29, 1.82) is 0 Å². The van der Waals surface area contributed by atoms with Gasteiger partial charge in [-0.25, -0.2) is 4.68 Å². The van der Waals surface area contributed by atoms with Gasteiger partial charge in [0.2, 0.25) is 0 Å². The van der Waals surface area contributed by atoms with Gasteiger partial charge in [-0.3, -0.25) is 14.5 Å².